The van der Waals surface area contributed by atoms with Gasteiger partial charge >= 0.3 is 0 Å². The fourth-order valence-electron chi connectivity index (χ4n) is 2.29. The van der Waals surface area contributed by atoms with E-state index in [1.165, 1.54) is 0 Å². The van der Waals surface area contributed by atoms with Crippen LogP contribution in [0.4, 0.5) is 0 Å². The van der Waals surface area contributed by atoms with E-state index in [2.05, 4.69) is 28.4 Å². The quantitative estimate of drug-likeness (QED) is 0.812. The van der Waals surface area contributed by atoms with E-state index in [-0.39, 0.29) is 6.04 Å². The summed E-state index contributed by atoms with van der Waals surface area (Å²) < 4.78 is 7.20. The highest BCUT2D eigenvalue weighted by Crippen LogP contribution is 2.24. The topological polar surface area (TPSA) is 66.0 Å². The fraction of sp³-hybridized carbons (Fsp3) is 0.571. The van der Waals surface area contributed by atoms with Crippen molar-refractivity contribution in [2.75, 3.05) is 13.7 Å². The molecule has 0 aliphatic rings. The van der Waals surface area contributed by atoms with Crippen LogP contribution in [-0.2, 0) is 4.74 Å². The van der Waals surface area contributed by atoms with E-state index in [0.717, 1.165) is 36.4 Å². The third kappa shape index (κ3) is 2.93. The van der Waals surface area contributed by atoms with Gasteiger partial charge in [-0.1, -0.05) is 0 Å². The van der Waals surface area contributed by atoms with Gasteiger partial charge in [0.15, 0.2) is 5.65 Å². The molecule has 0 aliphatic heterocycles. The summed E-state index contributed by atoms with van der Waals surface area (Å²) in [6.45, 7) is 4.98. The normalized spacial score (nSPS) is 13.3. The second-order valence-electron chi connectivity index (χ2n) is 5.02. The highest BCUT2D eigenvalue weighted by molar-refractivity contribution is 5.71. The molecule has 2 N–H and O–H groups in total. The molecule has 1 unspecified atom stereocenters. The van der Waals surface area contributed by atoms with Crippen molar-refractivity contribution in [2.45, 2.75) is 38.8 Å². The van der Waals surface area contributed by atoms with Crippen molar-refractivity contribution in [1.82, 2.24) is 14.5 Å². The van der Waals surface area contributed by atoms with Crippen LogP contribution in [-0.4, -0.2) is 28.3 Å². The molecular formula is C14H22N4O. The van der Waals surface area contributed by atoms with Crippen molar-refractivity contribution in [1.29, 1.82) is 0 Å². The Labute approximate surface area is 113 Å². The maximum Gasteiger partial charge on any atom is 0.160 e. The lowest BCUT2D eigenvalue weighted by molar-refractivity contribution is 0.190. The largest absolute Gasteiger partial charge is 0.385 e. The SMILES string of the molecule is COCCCC(N)c1nc2cccnc2n1C(C)C. The summed E-state index contributed by atoms with van der Waals surface area (Å²) in [5.41, 5.74) is 8.09. The Bertz CT molecular complexity index is 535. The Hall–Kier alpha value is -1.46. The molecule has 0 aromatic carbocycles. The summed E-state index contributed by atoms with van der Waals surface area (Å²) in [4.78, 5) is 9.07. The van der Waals surface area contributed by atoms with E-state index >= 15 is 0 Å². The molecule has 0 radical (unpaired) electrons. The highest BCUT2D eigenvalue weighted by atomic mass is 16.5. The highest BCUT2D eigenvalue weighted by Gasteiger charge is 2.19. The number of fused-ring (bicyclic) bond motifs is 1. The average molecular weight is 262 g/mol. The fourth-order valence-corrected chi connectivity index (χ4v) is 2.29. The maximum atomic E-state index is 6.27. The average Bonchev–Trinajstić information content (AvgIpc) is 2.78. The minimum absolute atomic E-state index is 0.0771. The molecule has 19 heavy (non-hydrogen) atoms. The van der Waals surface area contributed by atoms with Gasteiger partial charge in [-0.05, 0) is 38.8 Å². The first kappa shape index (κ1) is 14.0. The Morgan fingerprint density at radius 3 is 2.89 bits per heavy atom. The molecular weight excluding hydrogens is 240 g/mol. The van der Waals surface area contributed by atoms with Crippen LogP contribution in [0.2, 0.25) is 0 Å². The van der Waals surface area contributed by atoms with Gasteiger partial charge in [0.25, 0.3) is 0 Å². The zero-order valence-corrected chi connectivity index (χ0v) is 11.8. The van der Waals surface area contributed by atoms with Gasteiger partial charge in [0, 0.05) is 26.0 Å². The van der Waals surface area contributed by atoms with E-state index in [9.17, 15) is 0 Å². The first-order valence-electron chi connectivity index (χ1n) is 6.72. The maximum absolute atomic E-state index is 6.27. The van der Waals surface area contributed by atoms with E-state index < -0.39 is 0 Å². The summed E-state index contributed by atoms with van der Waals surface area (Å²) in [7, 11) is 1.71. The van der Waals surface area contributed by atoms with Crippen molar-refractivity contribution in [3.05, 3.63) is 24.2 Å². The summed E-state index contributed by atoms with van der Waals surface area (Å²) in [5, 5.41) is 0. The molecule has 0 bridgehead atoms. The number of nitrogens with zero attached hydrogens (tertiary/aromatic N) is 3. The van der Waals surface area contributed by atoms with E-state index in [1.54, 1.807) is 13.3 Å². The number of ether oxygens (including phenoxy) is 1. The molecule has 2 aromatic heterocycles. The lowest BCUT2D eigenvalue weighted by Crippen LogP contribution is -2.18. The number of pyridine rings is 1. The summed E-state index contributed by atoms with van der Waals surface area (Å²) in [5.74, 6) is 0.916. The van der Waals surface area contributed by atoms with Crippen LogP contribution in [0, 0.1) is 0 Å². The van der Waals surface area contributed by atoms with Crippen LogP contribution in [0.5, 0.6) is 0 Å². The molecule has 0 spiro atoms. The predicted molar refractivity (Wildman–Crippen MR) is 76.0 cm³/mol. The minimum Gasteiger partial charge on any atom is -0.385 e. The van der Waals surface area contributed by atoms with Gasteiger partial charge in [-0.2, -0.15) is 0 Å². The first-order valence-corrected chi connectivity index (χ1v) is 6.72. The van der Waals surface area contributed by atoms with Gasteiger partial charge in [-0.15, -0.1) is 0 Å². The molecule has 0 aliphatic carbocycles. The van der Waals surface area contributed by atoms with E-state index in [1.807, 2.05) is 12.1 Å². The van der Waals surface area contributed by atoms with Gasteiger partial charge in [0.05, 0.1) is 6.04 Å². The van der Waals surface area contributed by atoms with Gasteiger partial charge in [-0.25, -0.2) is 9.97 Å². The van der Waals surface area contributed by atoms with Crippen LogP contribution < -0.4 is 5.73 Å². The van der Waals surface area contributed by atoms with Gasteiger partial charge in [0.2, 0.25) is 0 Å². The minimum atomic E-state index is -0.0771. The third-order valence-corrected chi connectivity index (χ3v) is 3.19. The predicted octanol–water partition coefficient (Wildman–Crippen LogP) is 2.44. The molecule has 104 valence electrons. The van der Waals surface area contributed by atoms with Crippen molar-refractivity contribution < 1.29 is 4.74 Å². The van der Waals surface area contributed by atoms with E-state index in [4.69, 9.17) is 10.5 Å². The van der Waals surface area contributed by atoms with Crippen molar-refractivity contribution in [3.63, 3.8) is 0 Å². The number of aromatic nitrogens is 3. The Kier molecular flexibility index (Phi) is 4.50. The number of hydrogen-bond donors (Lipinski definition) is 1. The molecule has 0 saturated heterocycles. The monoisotopic (exact) mass is 262 g/mol. The van der Waals surface area contributed by atoms with E-state index in [0.29, 0.717) is 6.04 Å². The molecule has 2 rings (SSSR count). The second-order valence-corrected chi connectivity index (χ2v) is 5.02. The standard InChI is InChI=1S/C14H22N4O/c1-10(2)18-13(11(15)6-5-9-19-3)17-12-7-4-8-16-14(12)18/h4,7-8,10-11H,5-6,9,15H2,1-3H3. The number of methoxy groups -OCH3 is 1. The van der Waals surface area contributed by atoms with Crippen molar-refractivity contribution in [2.24, 2.45) is 5.73 Å². The molecule has 2 aromatic rings. The van der Waals surface area contributed by atoms with Gasteiger partial charge in [-0.3, -0.25) is 0 Å². The van der Waals surface area contributed by atoms with Crippen LogP contribution in [0.15, 0.2) is 18.3 Å². The summed E-state index contributed by atoms with van der Waals surface area (Å²) in [6.07, 6.45) is 3.60. The zero-order valence-electron chi connectivity index (χ0n) is 11.8. The van der Waals surface area contributed by atoms with Crippen LogP contribution in [0.25, 0.3) is 11.2 Å². The number of nitrogens with two attached hydrogens (primary N) is 1. The molecule has 2 heterocycles. The Balaban J connectivity index is 2.33. The summed E-state index contributed by atoms with van der Waals surface area (Å²) >= 11 is 0. The van der Waals surface area contributed by atoms with Crippen molar-refractivity contribution >= 4 is 11.2 Å². The zero-order chi connectivity index (χ0) is 13.8. The number of hydrogen-bond acceptors (Lipinski definition) is 4. The van der Waals surface area contributed by atoms with Gasteiger partial charge < -0.3 is 15.0 Å². The number of imidazole rings is 1. The summed E-state index contributed by atoms with van der Waals surface area (Å²) in [6, 6.07) is 4.10. The smallest absolute Gasteiger partial charge is 0.160 e. The number of rotatable bonds is 6. The molecule has 1 atom stereocenters. The molecule has 5 heteroatoms. The van der Waals surface area contributed by atoms with Crippen LogP contribution in [0.3, 0.4) is 0 Å². The molecule has 0 saturated carbocycles. The molecule has 5 nitrogen and oxygen atoms in total. The molecule has 0 amide bonds. The van der Waals surface area contributed by atoms with Crippen LogP contribution in [0.1, 0.15) is 44.6 Å². The first-order chi connectivity index (χ1) is 9.15. The van der Waals surface area contributed by atoms with Crippen molar-refractivity contribution in [3.8, 4) is 0 Å². The Morgan fingerprint density at radius 1 is 1.42 bits per heavy atom. The lowest BCUT2D eigenvalue weighted by atomic mass is 10.1. The third-order valence-electron chi connectivity index (χ3n) is 3.19. The second kappa shape index (κ2) is 6.12. The molecule has 0 fully saturated rings. The van der Waals surface area contributed by atoms with Gasteiger partial charge in [0.1, 0.15) is 11.3 Å². The Morgan fingerprint density at radius 2 is 2.21 bits per heavy atom. The lowest BCUT2D eigenvalue weighted by Gasteiger charge is -2.16. The van der Waals surface area contributed by atoms with Crippen LogP contribution >= 0.6 is 0 Å².